The highest BCUT2D eigenvalue weighted by molar-refractivity contribution is 14.1. The molecule has 0 aromatic heterocycles. The molecule has 0 radical (unpaired) electrons. The lowest BCUT2D eigenvalue weighted by Crippen LogP contribution is -2.36. The van der Waals surface area contributed by atoms with E-state index in [1.165, 1.54) is 9.26 Å². The molecule has 0 amide bonds. The van der Waals surface area contributed by atoms with E-state index in [9.17, 15) is 0 Å². The Bertz CT molecular complexity index is 344. The zero-order valence-corrected chi connectivity index (χ0v) is 12.2. The fourth-order valence-corrected chi connectivity index (χ4v) is 2.66. The molecule has 1 aromatic rings. The van der Waals surface area contributed by atoms with Crippen molar-refractivity contribution in [1.82, 2.24) is 0 Å². The Morgan fingerprint density at radius 3 is 2.69 bits per heavy atom. The molecule has 1 atom stereocenters. The van der Waals surface area contributed by atoms with Gasteiger partial charge in [-0.25, -0.2) is 0 Å². The van der Waals surface area contributed by atoms with Gasteiger partial charge in [0.25, 0.3) is 0 Å². The van der Waals surface area contributed by atoms with Gasteiger partial charge in [-0.1, -0.05) is 0 Å². The predicted octanol–water partition coefficient (Wildman–Crippen LogP) is 2.73. The number of anilines is 2. The summed E-state index contributed by atoms with van der Waals surface area (Å²) in [5.74, 6) is 0. The molecular formula is C12H19IN2O. The quantitative estimate of drug-likeness (QED) is 0.665. The molecule has 3 nitrogen and oxygen atoms in total. The summed E-state index contributed by atoms with van der Waals surface area (Å²) in [6.45, 7) is 6.01. The average molecular weight is 334 g/mol. The van der Waals surface area contributed by atoms with Gasteiger partial charge >= 0.3 is 0 Å². The van der Waals surface area contributed by atoms with Crippen molar-refractivity contribution in [1.29, 1.82) is 0 Å². The first kappa shape index (κ1) is 13.6. The average Bonchev–Trinajstić information content (AvgIpc) is 2.22. The fraction of sp³-hybridized carbons (Fsp3) is 0.500. The van der Waals surface area contributed by atoms with Gasteiger partial charge in [0.1, 0.15) is 0 Å². The number of halogens is 1. The Morgan fingerprint density at radius 2 is 2.19 bits per heavy atom. The second-order valence-electron chi connectivity index (χ2n) is 3.80. The van der Waals surface area contributed by atoms with Crippen molar-refractivity contribution >= 4 is 34.0 Å². The third kappa shape index (κ3) is 3.25. The van der Waals surface area contributed by atoms with Crippen LogP contribution >= 0.6 is 22.6 Å². The first-order valence-corrected chi connectivity index (χ1v) is 6.48. The number of nitrogens with two attached hydrogens (primary N) is 1. The molecule has 1 aromatic carbocycles. The van der Waals surface area contributed by atoms with Crippen LogP contribution in [0.3, 0.4) is 0 Å². The first-order chi connectivity index (χ1) is 7.60. The lowest BCUT2D eigenvalue weighted by atomic mass is 10.2. The van der Waals surface area contributed by atoms with E-state index in [0.29, 0.717) is 6.04 Å². The van der Waals surface area contributed by atoms with Crippen molar-refractivity contribution in [3.63, 3.8) is 0 Å². The maximum atomic E-state index is 5.76. The van der Waals surface area contributed by atoms with Crippen molar-refractivity contribution in [2.24, 2.45) is 0 Å². The van der Waals surface area contributed by atoms with Crippen LogP contribution in [-0.4, -0.2) is 26.3 Å². The summed E-state index contributed by atoms with van der Waals surface area (Å²) < 4.78 is 6.39. The van der Waals surface area contributed by atoms with Gasteiger partial charge in [0.05, 0.1) is 12.3 Å². The summed E-state index contributed by atoms with van der Waals surface area (Å²) in [5.41, 5.74) is 7.79. The van der Waals surface area contributed by atoms with Crippen LogP contribution in [0.25, 0.3) is 0 Å². The number of hydrogen-bond acceptors (Lipinski definition) is 3. The lowest BCUT2D eigenvalue weighted by Gasteiger charge is -2.30. The summed E-state index contributed by atoms with van der Waals surface area (Å²) in [4.78, 5) is 2.32. The topological polar surface area (TPSA) is 38.5 Å². The number of methoxy groups -OCH3 is 1. The minimum Gasteiger partial charge on any atom is -0.399 e. The molecule has 4 heteroatoms. The van der Waals surface area contributed by atoms with Crippen LogP contribution in [0, 0.1) is 3.57 Å². The zero-order chi connectivity index (χ0) is 12.1. The van der Waals surface area contributed by atoms with Gasteiger partial charge in [0.2, 0.25) is 0 Å². The predicted molar refractivity (Wildman–Crippen MR) is 77.9 cm³/mol. The van der Waals surface area contributed by atoms with Crippen molar-refractivity contribution in [2.75, 3.05) is 30.9 Å². The molecule has 0 fully saturated rings. The minimum atomic E-state index is 0.368. The summed E-state index contributed by atoms with van der Waals surface area (Å²) in [6.07, 6.45) is 0. The van der Waals surface area contributed by atoms with Gasteiger partial charge < -0.3 is 15.4 Å². The van der Waals surface area contributed by atoms with Crippen LogP contribution in [0.5, 0.6) is 0 Å². The molecule has 0 spiro atoms. The Morgan fingerprint density at radius 1 is 1.50 bits per heavy atom. The van der Waals surface area contributed by atoms with E-state index in [1.807, 2.05) is 12.1 Å². The minimum absolute atomic E-state index is 0.368. The van der Waals surface area contributed by atoms with E-state index < -0.39 is 0 Å². The number of nitrogen functional groups attached to an aromatic ring is 1. The first-order valence-electron chi connectivity index (χ1n) is 5.40. The normalized spacial score (nSPS) is 12.5. The second-order valence-corrected chi connectivity index (χ2v) is 4.96. The van der Waals surface area contributed by atoms with Crippen LogP contribution in [0.2, 0.25) is 0 Å². The molecule has 1 unspecified atom stereocenters. The van der Waals surface area contributed by atoms with E-state index >= 15 is 0 Å². The largest absolute Gasteiger partial charge is 0.399 e. The highest BCUT2D eigenvalue weighted by Gasteiger charge is 2.14. The third-order valence-electron chi connectivity index (χ3n) is 2.56. The molecule has 0 aliphatic heterocycles. The molecular weight excluding hydrogens is 315 g/mol. The highest BCUT2D eigenvalue weighted by atomic mass is 127. The smallest absolute Gasteiger partial charge is 0.0663 e. The SMILES string of the molecule is CCN(c1ccc(N)cc1I)C(C)COC. The summed E-state index contributed by atoms with van der Waals surface area (Å²) >= 11 is 2.32. The van der Waals surface area contributed by atoms with Crippen LogP contribution in [-0.2, 0) is 4.74 Å². The van der Waals surface area contributed by atoms with Crippen molar-refractivity contribution in [3.8, 4) is 0 Å². The number of ether oxygens (including phenoxy) is 1. The Kier molecular flexibility index (Phi) is 5.34. The summed E-state index contributed by atoms with van der Waals surface area (Å²) in [7, 11) is 1.73. The van der Waals surface area contributed by atoms with E-state index in [-0.39, 0.29) is 0 Å². The summed E-state index contributed by atoms with van der Waals surface area (Å²) in [6, 6.07) is 6.39. The molecule has 0 bridgehead atoms. The fourth-order valence-electron chi connectivity index (χ4n) is 1.81. The number of hydrogen-bond donors (Lipinski definition) is 1. The van der Waals surface area contributed by atoms with E-state index in [1.54, 1.807) is 7.11 Å². The van der Waals surface area contributed by atoms with Crippen molar-refractivity contribution in [3.05, 3.63) is 21.8 Å². The second kappa shape index (κ2) is 6.30. The van der Waals surface area contributed by atoms with Gasteiger partial charge in [-0.2, -0.15) is 0 Å². The van der Waals surface area contributed by atoms with E-state index in [2.05, 4.69) is 47.4 Å². The molecule has 0 aliphatic rings. The van der Waals surface area contributed by atoms with Gasteiger partial charge in [0, 0.05) is 29.0 Å². The summed E-state index contributed by atoms with van der Waals surface area (Å²) in [5, 5.41) is 0. The monoisotopic (exact) mass is 334 g/mol. The molecule has 1 rings (SSSR count). The van der Waals surface area contributed by atoms with Crippen molar-refractivity contribution in [2.45, 2.75) is 19.9 Å². The number of rotatable bonds is 5. The molecule has 16 heavy (non-hydrogen) atoms. The Labute approximate surface area is 111 Å². The third-order valence-corrected chi connectivity index (χ3v) is 3.43. The van der Waals surface area contributed by atoms with Crippen LogP contribution in [0.15, 0.2) is 18.2 Å². The van der Waals surface area contributed by atoms with Crippen LogP contribution < -0.4 is 10.6 Å². The van der Waals surface area contributed by atoms with Crippen LogP contribution in [0.1, 0.15) is 13.8 Å². The van der Waals surface area contributed by atoms with Gasteiger partial charge in [-0.15, -0.1) is 0 Å². The molecule has 2 N–H and O–H groups in total. The highest BCUT2D eigenvalue weighted by Crippen LogP contribution is 2.26. The standard InChI is InChI=1S/C12H19IN2O/c1-4-15(9(2)8-16-3)12-6-5-10(14)7-11(12)13/h5-7,9H,4,8,14H2,1-3H3. The number of benzene rings is 1. The maximum absolute atomic E-state index is 5.76. The zero-order valence-electron chi connectivity index (χ0n) is 10.0. The molecule has 0 heterocycles. The molecule has 0 saturated carbocycles. The van der Waals surface area contributed by atoms with Gasteiger partial charge in [-0.05, 0) is 54.6 Å². The van der Waals surface area contributed by atoms with Crippen LogP contribution in [0.4, 0.5) is 11.4 Å². The van der Waals surface area contributed by atoms with Gasteiger partial charge in [-0.3, -0.25) is 0 Å². The molecule has 0 aliphatic carbocycles. The molecule has 0 saturated heterocycles. The van der Waals surface area contributed by atoms with Gasteiger partial charge in [0.15, 0.2) is 0 Å². The number of likely N-dealkylation sites (N-methyl/N-ethyl adjacent to an activating group) is 1. The maximum Gasteiger partial charge on any atom is 0.0663 e. The Hall–Kier alpha value is -0.490. The lowest BCUT2D eigenvalue weighted by molar-refractivity contribution is 0.182. The van der Waals surface area contributed by atoms with E-state index in [4.69, 9.17) is 10.5 Å². The van der Waals surface area contributed by atoms with Crippen molar-refractivity contribution < 1.29 is 4.74 Å². The Balaban J connectivity index is 2.94. The number of nitrogens with zero attached hydrogens (tertiary/aromatic N) is 1. The molecule has 90 valence electrons. The van der Waals surface area contributed by atoms with E-state index in [0.717, 1.165) is 18.8 Å².